The summed E-state index contributed by atoms with van der Waals surface area (Å²) in [7, 11) is 0. The third kappa shape index (κ3) is 3.72. The molecule has 2 rings (SSSR count). The van der Waals surface area contributed by atoms with Crippen LogP contribution in [-0.2, 0) is 0 Å². The fraction of sp³-hybridized carbons (Fsp3) is 0.231. The van der Waals surface area contributed by atoms with Crippen LogP contribution in [0.25, 0.3) is 0 Å². The molecule has 0 amide bonds. The topological polar surface area (TPSA) is 47.0 Å². The van der Waals surface area contributed by atoms with E-state index in [9.17, 15) is 0 Å². The number of nitrogens with zero attached hydrogens (tertiary/aromatic N) is 2. The molecule has 0 aliphatic carbocycles. The summed E-state index contributed by atoms with van der Waals surface area (Å²) >= 11 is 11.9. The van der Waals surface area contributed by atoms with Crippen molar-refractivity contribution in [2.75, 3.05) is 11.9 Å². The van der Waals surface area contributed by atoms with Gasteiger partial charge < -0.3 is 10.1 Å². The van der Waals surface area contributed by atoms with Gasteiger partial charge in [-0.3, -0.25) is 0 Å². The second-order valence-electron chi connectivity index (χ2n) is 3.85. The molecule has 4 nitrogen and oxygen atoms in total. The fourth-order valence-corrected chi connectivity index (χ4v) is 1.98. The second kappa shape index (κ2) is 6.08. The summed E-state index contributed by atoms with van der Waals surface area (Å²) in [5.41, 5.74) is 0. The molecule has 0 spiro atoms. The van der Waals surface area contributed by atoms with Gasteiger partial charge in [0, 0.05) is 17.6 Å². The van der Waals surface area contributed by atoms with E-state index in [0.29, 0.717) is 27.5 Å². The van der Waals surface area contributed by atoms with Crippen LogP contribution in [0.3, 0.4) is 0 Å². The van der Waals surface area contributed by atoms with E-state index < -0.39 is 0 Å². The molecule has 0 fully saturated rings. The molecule has 1 heterocycles. The van der Waals surface area contributed by atoms with E-state index in [1.54, 1.807) is 31.2 Å². The van der Waals surface area contributed by atoms with Gasteiger partial charge >= 0.3 is 0 Å². The Balaban J connectivity index is 2.27. The van der Waals surface area contributed by atoms with Crippen LogP contribution in [0.4, 0.5) is 5.82 Å². The predicted octanol–water partition coefficient (Wildman–Crippen LogP) is 4.32. The van der Waals surface area contributed by atoms with Crippen molar-refractivity contribution >= 4 is 29.0 Å². The number of hydrogen-bond acceptors (Lipinski definition) is 4. The number of aromatic nitrogens is 2. The average Bonchev–Trinajstić information content (AvgIpc) is 2.32. The molecule has 1 aromatic carbocycles. The monoisotopic (exact) mass is 297 g/mol. The van der Waals surface area contributed by atoms with Crippen molar-refractivity contribution in [1.29, 1.82) is 0 Å². The highest BCUT2D eigenvalue weighted by Crippen LogP contribution is 2.31. The van der Waals surface area contributed by atoms with Gasteiger partial charge in [-0.1, -0.05) is 23.2 Å². The first-order valence-electron chi connectivity index (χ1n) is 5.81. The highest BCUT2D eigenvalue weighted by Gasteiger charge is 2.07. The van der Waals surface area contributed by atoms with Crippen LogP contribution in [0.15, 0.2) is 24.3 Å². The molecule has 1 N–H and O–H groups in total. The van der Waals surface area contributed by atoms with Gasteiger partial charge in [-0.05, 0) is 32.0 Å². The Morgan fingerprint density at radius 3 is 2.68 bits per heavy atom. The average molecular weight is 298 g/mol. The molecule has 0 aliphatic heterocycles. The van der Waals surface area contributed by atoms with Crippen LogP contribution in [0.1, 0.15) is 12.7 Å². The first-order chi connectivity index (χ1) is 9.08. The number of ether oxygens (including phenoxy) is 1. The van der Waals surface area contributed by atoms with E-state index in [0.717, 1.165) is 12.4 Å². The highest BCUT2D eigenvalue weighted by molar-refractivity contribution is 6.35. The van der Waals surface area contributed by atoms with Gasteiger partial charge in [-0.2, -0.15) is 4.98 Å². The van der Waals surface area contributed by atoms with E-state index in [4.69, 9.17) is 27.9 Å². The zero-order chi connectivity index (χ0) is 13.8. The lowest BCUT2D eigenvalue weighted by Crippen LogP contribution is -2.02. The Morgan fingerprint density at radius 1 is 1.21 bits per heavy atom. The van der Waals surface area contributed by atoms with Crippen LogP contribution in [0.5, 0.6) is 11.6 Å². The summed E-state index contributed by atoms with van der Waals surface area (Å²) in [5, 5.41) is 4.11. The molecule has 1 aromatic heterocycles. The van der Waals surface area contributed by atoms with E-state index in [1.807, 2.05) is 6.92 Å². The van der Waals surface area contributed by atoms with Crippen LogP contribution in [0, 0.1) is 6.92 Å². The smallest absolute Gasteiger partial charge is 0.224 e. The number of benzene rings is 1. The number of rotatable bonds is 4. The predicted molar refractivity (Wildman–Crippen MR) is 77.5 cm³/mol. The number of halogens is 2. The van der Waals surface area contributed by atoms with Crippen molar-refractivity contribution in [2.45, 2.75) is 13.8 Å². The summed E-state index contributed by atoms with van der Waals surface area (Å²) in [6.45, 7) is 4.57. The first kappa shape index (κ1) is 13.9. The molecule has 0 bridgehead atoms. The standard InChI is InChI=1S/C13H13Cl2N3O/c1-3-16-12-7-13(18-8(2)17-12)19-11-5-4-9(14)6-10(11)15/h4-7H,3H2,1-2H3,(H,16,17,18). The molecule has 6 heteroatoms. The van der Waals surface area contributed by atoms with Crippen molar-refractivity contribution in [3.63, 3.8) is 0 Å². The number of hydrogen-bond donors (Lipinski definition) is 1. The summed E-state index contributed by atoms with van der Waals surface area (Å²) < 4.78 is 5.65. The van der Waals surface area contributed by atoms with E-state index in [-0.39, 0.29) is 0 Å². The normalized spacial score (nSPS) is 10.3. The SMILES string of the molecule is CCNc1cc(Oc2ccc(Cl)cc2Cl)nc(C)n1. The lowest BCUT2D eigenvalue weighted by atomic mass is 10.3. The summed E-state index contributed by atoms with van der Waals surface area (Å²) in [6.07, 6.45) is 0. The van der Waals surface area contributed by atoms with Gasteiger partial charge in [0.2, 0.25) is 5.88 Å². The van der Waals surface area contributed by atoms with E-state index in [2.05, 4.69) is 15.3 Å². The van der Waals surface area contributed by atoms with Crippen molar-refractivity contribution in [3.05, 3.63) is 40.1 Å². The van der Waals surface area contributed by atoms with Crippen LogP contribution >= 0.6 is 23.2 Å². The van der Waals surface area contributed by atoms with Crippen molar-refractivity contribution in [2.24, 2.45) is 0 Å². The third-order valence-corrected chi connectivity index (χ3v) is 2.81. The maximum atomic E-state index is 6.05. The van der Waals surface area contributed by atoms with Gasteiger partial charge in [0.05, 0.1) is 5.02 Å². The minimum absolute atomic E-state index is 0.438. The van der Waals surface area contributed by atoms with E-state index in [1.165, 1.54) is 0 Å². The van der Waals surface area contributed by atoms with E-state index >= 15 is 0 Å². The summed E-state index contributed by atoms with van der Waals surface area (Å²) in [4.78, 5) is 8.46. The van der Waals surface area contributed by atoms with Gasteiger partial charge in [0.25, 0.3) is 0 Å². The molecule has 0 aliphatic rings. The summed E-state index contributed by atoms with van der Waals surface area (Å²) in [6, 6.07) is 6.76. The Hall–Kier alpha value is -1.52. The number of nitrogens with one attached hydrogen (secondary N) is 1. The largest absolute Gasteiger partial charge is 0.437 e. The maximum Gasteiger partial charge on any atom is 0.224 e. The van der Waals surface area contributed by atoms with Gasteiger partial charge in [-0.15, -0.1) is 0 Å². The molecular weight excluding hydrogens is 285 g/mol. The molecule has 100 valence electrons. The molecule has 0 unspecified atom stereocenters. The number of aryl methyl sites for hydroxylation is 1. The Bertz CT molecular complexity index is 590. The maximum absolute atomic E-state index is 6.05. The third-order valence-electron chi connectivity index (χ3n) is 2.28. The van der Waals surface area contributed by atoms with Gasteiger partial charge in [-0.25, -0.2) is 4.98 Å². The lowest BCUT2D eigenvalue weighted by molar-refractivity contribution is 0.460. The molecular formula is C13H13Cl2N3O. The van der Waals surface area contributed by atoms with Gasteiger partial charge in [0.15, 0.2) is 0 Å². The zero-order valence-electron chi connectivity index (χ0n) is 10.6. The summed E-state index contributed by atoms with van der Waals surface area (Å²) in [5.74, 6) is 2.29. The Kier molecular flexibility index (Phi) is 4.45. The molecule has 0 saturated carbocycles. The molecule has 0 radical (unpaired) electrons. The van der Waals surface area contributed by atoms with Crippen LogP contribution < -0.4 is 10.1 Å². The zero-order valence-corrected chi connectivity index (χ0v) is 12.1. The van der Waals surface area contributed by atoms with Crippen molar-refractivity contribution in [1.82, 2.24) is 9.97 Å². The minimum atomic E-state index is 0.438. The lowest BCUT2D eigenvalue weighted by Gasteiger charge is -2.09. The van der Waals surface area contributed by atoms with Gasteiger partial charge in [0.1, 0.15) is 17.4 Å². The number of anilines is 1. The highest BCUT2D eigenvalue weighted by atomic mass is 35.5. The second-order valence-corrected chi connectivity index (χ2v) is 4.69. The van der Waals surface area contributed by atoms with Crippen molar-refractivity contribution < 1.29 is 4.74 Å². The Labute approximate surface area is 121 Å². The van der Waals surface area contributed by atoms with Crippen LogP contribution in [0.2, 0.25) is 10.0 Å². The molecule has 19 heavy (non-hydrogen) atoms. The van der Waals surface area contributed by atoms with Crippen molar-refractivity contribution in [3.8, 4) is 11.6 Å². The molecule has 0 saturated heterocycles. The van der Waals surface area contributed by atoms with Crippen LogP contribution in [-0.4, -0.2) is 16.5 Å². The first-order valence-corrected chi connectivity index (χ1v) is 6.56. The Morgan fingerprint density at radius 2 is 2.00 bits per heavy atom. The molecule has 0 atom stereocenters. The molecule has 2 aromatic rings. The fourth-order valence-electron chi connectivity index (χ4n) is 1.53. The quantitative estimate of drug-likeness (QED) is 0.913. The minimum Gasteiger partial charge on any atom is -0.437 e.